The van der Waals surface area contributed by atoms with Gasteiger partial charge in [-0.25, -0.2) is 0 Å². The number of anilines is 4. The summed E-state index contributed by atoms with van der Waals surface area (Å²) in [7, 11) is 2.96. The number of nitrogens with zero attached hydrogens (tertiary/aromatic N) is 2. The molecule has 9 rings (SSSR count). The van der Waals surface area contributed by atoms with Gasteiger partial charge in [0, 0.05) is 26.8 Å². The zero-order valence-electron chi connectivity index (χ0n) is 32.5. The van der Waals surface area contributed by atoms with Gasteiger partial charge in [0.2, 0.25) is 11.8 Å². The molecule has 2 aliphatic heterocycles. The molecule has 11 nitrogen and oxygen atoms in total. The minimum atomic E-state index is -1.64. The Hall–Kier alpha value is -5.34. The third-order valence-electron chi connectivity index (χ3n) is 12.5. The van der Waals surface area contributed by atoms with E-state index in [1.165, 1.54) is 25.2 Å². The van der Waals surface area contributed by atoms with Gasteiger partial charge >= 0.3 is 0 Å². The van der Waals surface area contributed by atoms with E-state index in [4.69, 9.17) is 32.7 Å². The Kier molecular flexibility index (Phi) is 10.7. The number of imide groups is 2. The maximum atomic E-state index is 15.7. The van der Waals surface area contributed by atoms with E-state index >= 15 is 9.59 Å². The highest BCUT2D eigenvalue weighted by molar-refractivity contribution is 9.13. The Morgan fingerprint density at radius 1 is 0.787 bits per heavy atom. The van der Waals surface area contributed by atoms with Crippen LogP contribution in [0.4, 0.5) is 22.7 Å². The third kappa shape index (κ3) is 6.50. The van der Waals surface area contributed by atoms with Crippen LogP contribution < -0.4 is 25.1 Å². The van der Waals surface area contributed by atoms with Gasteiger partial charge in [0.05, 0.1) is 58.3 Å². The van der Waals surface area contributed by atoms with E-state index in [1.54, 1.807) is 54.6 Å². The molecule has 3 fully saturated rings. The summed E-state index contributed by atoms with van der Waals surface area (Å²) >= 11 is 20.1. The lowest BCUT2D eigenvalue weighted by molar-refractivity contribution is -0.138. The molecule has 2 aliphatic carbocycles. The summed E-state index contributed by atoms with van der Waals surface area (Å²) < 4.78 is 11.9. The Bertz CT molecular complexity index is 2670. The number of allylic oxidation sites excluding steroid dienone is 2. The van der Waals surface area contributed by atoms with Gasteiger partial charge in [-0.2, -0.15) is 5.01 Å². The number of methoxy groups -OCH3 is 2. The normalized spacial score (nSPS) is 24.2. The van der Waals surface area contributed by atoms with Crippen LogP contribution in [0.1, 0.15) is 29.9 Å². The number of aromatic hydroxyl groups is 1. The standard InChI is InChI=1S/C46H36Br2Cl2N4O7/c1-60-28-15-8-23(9-16-28)46-33(43(57)54(45(46)59)52-35-19-10-24(49)20-34(35)50)21-31-29(38(46)32-22-36(61-2)41(55)40(48)39(32)47)17-18-30-37(31)44(58)53(42(30)56)27-13-11-26(12-14-27)51-25-6-4-3-5-7-25/h3-17,19-20,22,30-31,33,37-38,51-52,55H,18,21H2,1-2H3/t30-,31+,33-,37-,38+,46+/m0/s1. The number of fused-ring (bicyclic) bond motifs is 4. The van der Waals surface area contributed by atoms with Crippen molar-refractivity contribution in [1.29, 1.82) is 0 Å². The molecule has 0 aromatic heterocycles. The average Bonchev–Trinajstić information content (AvgIpc) is 3.65. The Morgan fingerprint density at radius 3 is 2.16 bits per heavy atom. The van der Waals surface area contributed by atoms with Crippen LogP contribution >= 0.6 is 55.1 Å². The summed E-state index contributed by atoms with van der Waals surface area (Å²) in [6.45, 7) is 0. The Balaban J connectivity index is 1.20. The number of phenols is 1. The van der Waals surface area contributed by atoms with Crippen LogP contribution in [0.15, 0.2) is 124 Å². The van der Waals surface area contributed by atoms with Crippen molar-refractivity contribution in [2.24, 2.45) is 23.7 Å². The van der Waals surface area contributed by atoms with E-state index in [0.29, 0.717) is 37.6 Å². The summed E-state index contributed by atoms with van der Waals surface area (Å²) in [5.74, 6) is -5.56. The number of amides is 4. The number of para-hydroxylation sites is 1. The number of hydrogen-bond acceptors (Lipinski definition) is 9. The van der Waals surface area contributed by atoms with Crippen molar-refractivity contribution in [1.82, 2.24) is 5.01 Å². The fraction of sp³-hybridized carbons (Fsp3) is 0.217. The van der Waals surface area contributed by atoms with E-state index in [0.717, 1.165) is 16.4 Å². The van der Waals surface area contributed by atoms with Gasteiger partial charge in [-0.1, -0.05) is 65.2 Å². The first-order valence-corrected chi connectivity index (χ1v) is 21.7. The van der Waals surface area contributed by atoms with E-state index in [1.807, 2.05) is 48.5 Å². The number of benzene rings is 5. The second-order valence-corrected chi connectivity index (χ2v) is 17.8. The van der Waals surface area contributed by atoms with Crippen LogP contribution in [0.2, 0.25) is 10.0 Å². The Morgan fingerprint density at radius 2 is 1.49 bits per heavy atom. The van der Waals surface area contributed by atoms with Crippen molar-refractivity contribution < 1.29 is 33.8 Å². The zero-order chi connectivity index (χ0) is 42.9. The first-order valence-electron chi connectivity index (χ1n) is 19.4. The molecule has 0 bridgehead atoms. The number of nitrogens with one attached hydrogen (secondary N) is 2. The maximum Gasteiger partial charge on any atom is 0.260 e. The van der Waals surface area contributed by atoms with Crippen LogP contribution in [0, 0.1) is 23.7 Å². The van der Waals surface area contributed by atoms with Gasteiger partial charge in [0.25, 0.3) is 11.8 Å². The third-order valence-corrected chi connectivity index (χ3v) is 15.2. The van der Waals surface area contributed by atoms with E-state index < -0.39 is 46.8 Å². The number of carbonyl (C=O) groups excluding carboxylic acids is 4. The fourth-order valence-electron chi connectivity index (χ4n) is 9.80. The smallest absolute Gasteiger partial charge is 0.260 e. The highest BCUT2D eigenvalue weighted by Gasteiger charge is 2.70. The number of phenolic OH excluding ortho intramolecular Hbond substituents is 1. The molecule has 1 saturated carbocycles. The first-order chi connectivity index (χ1) is 29.4. The number of hydrazine groups is 1. The minimum Gasteiger partial charge on any atom is -0.503 e. The summed E-state index contributed by atoms with van der Waals surface area (Å²) in [6, 6.07) is 30.1. The number of halogens is 4. The lowest BCUT2D eigenvalue weighted by atomic mass is 9.49. The zero-order valence-corrected chi connectivity index (χ0v) is 37.2. The van der Waals surface area contributed by atoms with E-state index in [2.05, 4.69) is 42.6 Å². The van der Waals surface area contributed by atoms with Crippen molar-refractivity contribution in [3.05, 3.63) is 145 Å². The summed E-state index contributed by atoms with van der Waals surface area (Å²) in [6.07, 6.45) is 2.24. The van der Waals surface area contributed by atoms with Gasteiger partial charge in [-0.3, -0.25) is 29.5 Å². The van der Waals surface area contributed by atoms with Crippen LogP contribution in [-0.4, -0.2) is 48.0 Å². The van der Waals surface area contributed by atoms with Crippen LogP contribution in [0.5, 0.6) is 17.2 Å². The number of ether oxygens (including phenoxy) is 2. The summed E-state index contributed by atoms with van der Waals surface area (Å²) in [5, 5.41) is 16.0. The molecule has 310 valence electrons. The molecule has 0 spiro atoms. The lowest BCUT2D eigenvalue weighted by Gasteiger charge is -2.51. The number of carbonyl (C=O) groups is 4. The number of rotatable bonds is 9. The largest absolute Gasteiger partial charge is 0.503 e. The fourth-order valence-corrected chi connectivity index (χ4v) is 11.2. The monoisotopic (exact) mass is 984 g/mol. The predicted molar refractivity (Wildman–Crippen MR) is 239 cm³/mol. The van der Waals surface area contributed by atoms with Gasteiger partial charge < -0.3 is 19.9 Å². The SMILES string of the molecule is COc1ccc([C@@]23C(=O)N(Nc4ccc(Cl)cc4Cl)C(=O)[C@@H]2C[C@@H]2C(=CC[C@@H]4C(=O)N(c5ccc(Nc6ccccc6)cc5)C(=O)[C@@H]42)[C@@H]3c2cc(OC)c(O)c(Br)c2Br)cc1. The van der Waals surface area contributed by atoms with Crippen LogP contribution in [-0.2, 0) is 24.6 Å². The lowest BCUT2D eigenvalue weighted by Crippen LogP contribution is -2.53. The van der Waals surface area contributed by atoms with Crippen molar-refractivity contribution >= 4 is 101 Å². The number of hydrogen-bond donors (Lipinski definition) is 3. The van der Waals surface area contributed by atoms with Gasteiger partial charge in [-0.05, 0) is 135 Å². The second kappa shape index (κ2) is 15.8. The van der Waals surface area contributed by atoms with Crippen LogP contribution in [0.25, 0.3) is 0 Å². The molecule has 61 heavy (non-hydrogen) atoms. The molecule has 5 aromatic rings. The maximum absolute atomic E-state index is 15.7. The van der Waals surface area contributed by atoms with E-state index in [9.17, 15) is 14.7 Å². The molecule has 4 amide bonds. The van der Waals surface area contributed by atoms with Crippen molar-refractivity contribution in [3.8, 4) is 17.2 Å². The molecule has 4 aliphatic rings. The van der Waals surface area contributed by atoms with Crippen molar-refractivity contribution in [2.75, 3.05) is 29.9 Å². The highest BCUT2D eigenvalue weighted by Crippen LogP contribution is 2.66. The molecule has 0 radical (unpaired) electrons. The minimum absolute atomic E-state index is 0.0629. The first kappa shape index (κ1) is 41.0. The molecule has 2 saturated heterocycles. The summed E-state index contributed by atoms with van der Waals surface area (Å²) in [5.41, 5.74) is 5.50. The van der Waals surface area contributed by atoms with Gasteiger partial charge in [0.1, 0.15) is 5.75 Å². The molecule has 6 atom stereocenters. The highest BCUT2D eigenvalue weighted by atomic mass is 79.9. The quantitative estimate of drug-likeness (QED) is 0.0974. The molecule has 0 unspecified atom stereocenters. The Labute approximate surface area is 377 Å². The molecule has 15 heteroatoms. The predicted octanol–water partition coefficient (Wildman–Crippen LogP) is 10.2. The average molecular weight is 988 g/mol. The topological polar surface area (TPSA) is 138 Å². The van der Waals surface area contributed by atoms with Crippen LogP contribution in [0.3, 0.4) is 0 Å². The summed E-state index contributed by atoms with van der Waals surface area (Å²) in [4.78, 5) is 61.4. The molecule has 3 N–H and O–H groups in total. The van der Waals surface area contributed by atoms with E-state index in [-0.39, 0.29) is 51.3 Å². The van der Waals surface area contributed by atoms with Gasteiger partial charge in [0.15, 0.2) is 11.5 Å². The van der Waals surface area contributed by atoms with Gasteiger partial charge in [-0.15, -0.1) is 0 Å². The second-order valence-electron chi connectivity index (χ2n) is 15.4. The molecular weight excluding hydrogens is 951 g/mol. The van der Waals surface area contributed by atoms with Crippen molar-refractivity contribution in [2.45, 2.75) is 24.2 Å². The van der Waals surface area contributed by atoms with Crippen molar-refractivity contribution in [3.63, 3.8) is 0 Å². The molecular formula is C46H36Br2Cl2N4O7. The molecule has 5 aromatic carbocycles. The molecule has 2 heterocycles.